The van der Waals surface area contributed by atoms with Crippen LogP contribution in [-0.2, 0) is 6.54 Å². The van der Waals surface area contributed by atoms with Crippen LogP contribution in [0.3, 0.4) is 0 Å². The van der Waals surface area contributed by atoms with E-state index in [0.29, 0.717) is 6.04 Å². The van der Waals surface area contributed by atoms with Gasteiger partial charge in [0.05, 0.1) is 0 Å². The maximum absolute atomic E-state index is 5.82. The summed E-state index contributed by atoms with van der Waals surface area (Å²) < 4.78 is 5.82. The highest BCUT2D eigenvalue weighted by Crippen LogP contribution is 2.16. The van der Waals surface area contributed by atoms with Gasteiger partial charge in [-0.15, -0.1) is 0 Å². The molecular weight excluding hydrogens is 256 g/mol. The van der Waals surface area contributed by atoms with Crippen LogP contribution in [-0.4, -0.2) is 49.2 Å². The van der Waals surface area contributed by atoms with Crippen LogP contribution in [0.15, 0.2) is 24.3 Å². The fourth-order valence-electron chi connectivity index (χ4n) is 2.28. The molecule has 0 aromatic heterocycles. The van der Waals surface area contributed by atoms with E-state index in [4.69, 9.17) is 4.74 Å². The van der Waals surface area contributed by atoms with Crippen molar-refractivity contribution in [3.63, 3.8) is 0 Å². The minimum Gasteiger partial charge on any atom is -0.492 e. The molecule has 1 fully saturated rings. The average Bonchev–Trinajstić information content (AvgIpc) is 2.43. The van der Waals surface area contributed by atoms with Crippen molar-refractivity contribution in [3.05, 3.63) is 29.8 Å². The Labute approximate surface area is 120 Å². The third kappa shape index (κ3) is 4.71. The zero-order valence-electron chi connectivity index (χ0n) is 11.9. The van der Waals surface area contributed by atoms with E-state index >= 15 is 0 Å². The van der Waals surface area contributed by atoms with Gasteiger partial charge in [0.25, 0.3) is 0 Å². The van der Waals surface area contributed by atoms with Crippen LogP contribution in [0.4, 0.5) is 0 Å². The third-order valence-corrected chi connectivity index (χ3v) is 4.65. The molecule has 0 radical (unpaired) electrons. The van der Waals surface area contributed by atoms with Crippen molar-refractivity contribution >= 4 is 11.8 Å². The lowest BCUT2D eigenvalue weighted by atomic mass is 10.2. The Morgan fingerprint density at radius 1 is 1.37 bits per heavy atom. The number of hydrogen-bond donors (Lipinski definition) is 1. The van der Waals surface area contributed by atoms with Crippen molar-refractivity contribution in [1.29, 1.82) is 0 Å². The number of thioether (sulfide) groups is 1. The summed E-state index contributed by atoms with van der Waals surface area (Å²) in [6, 6.07) is 9.03. The van der Waals surface area contributed by atoms with E-state index in [1.807, 2.05) is 7.05 Å². The molecule has 0 spiro atoms. The van der Waals surface area contributed by atoms with Crippen LogP contribution in [0.2, 0.25) is 0 Å². The standard InChI is InChI=1S/C15H24N2OS/c1-13-12-19-10-8-17(13)7-9-18-15-5-3-14(4-6-15)11-16-2/h3-6,13,16H,7-12H2,1-2H3. The fourth-order valence-corrected chi connectivity index (χ4v) is 3.36. The molecule has 1 aromatic rings. The third-order valence-electron chi connectivity index (χ3n) is 3.46. The highest BCUT2D eigenvalue weighted by molar-refractivity contribution is 7.99. The van der Waals surface area contributed by atoms with E-state index in [1.54, 1.807) is 0 Å². The summed E-state index contributed by atoms with van der Waals surface area (Å²) in [5.41, 5.74) is 1.29. The molecule has 1 aliphatic rings. The molecule has 2 rings (SSSR count). The van der Waals surface area contributed by atoms with Gasteiger partial charge < -0.3 is 10.1 Å². The SMILES string of the molecule is CNCc1ccc(OCCN2CCSCC2C)cc1. The van der Waals surface area contributed by atoms with Crippen molar-refractivity contribution in [2.45, 2.75) is 19.5 Å². The topological polar surface area (TPSA) is 24.5 Å². The molecule has 1 N–H and O–H groups in total. The zero-order valence-corrected chi connectivity index (χ0v) is 12.7. The predicted octanol–water partition coefficient (Wildman–Crippen LogP) is 2.22. The molecule has 1 aliphatic heterocycles. The molecule has 0 aliphatic carbocycles. The molecule has 1 saturated heterocycles. The van der Waals surface area contributed by atoms with Gasteiger partial charge in [-0.3, -0.25) is 4.90 Å². The monoisotopic (exact) mass is 280 g/mol. The van der Waals surface area contributed by atoms with Gasteiger partial charge >= 0.3 is 0 Å². The average molecular weight is 280 g/mol. The fraction of sp³-hybridized carbons (Fsp3) is 0.600. The summed E-state index contributed by atoms with van der Waals surface area (Å²) in [5, 5.41) is 3.15. The maximum Gasteiger partial charge on any atom is 0.119 e. The van der Waals surface area contributed by atoms with Crippen molar-refractivity contribution in [1.82, 2.24) is 10.2 Å². The molecule has 1 heterocycles. The quantitative estimate of drug-likeness (QED) is 0.863. The highest BCUT2D eigenvalue weighted by atomic mass is 32.2. The summed E-state index contributed by atoms with van der Waals surface area (Å²) in [5.74, 6) is 3.47. The second-order valence-corrected chi connectivity index (χ2v) is 6.13. The van der Waals surface area contributed by atoms with Crippen LogP contribution < -0.4 is 10.1 Å². The van der Waals surface area contributed by atoms with Gasteiger partial charge in [0.1, 0.15) is 12.4 Å². The Balaban J connectivity index is 1.72. The molecular formula is C15H24N2OS. The van der Waals surface area contributed by atoms with Gasteiger partial charge in [0.15, 0.2) is 0 Å². The summed E-state index contributed by atoms with van der Waals surface area (Å²) in [6.45, 7) is 6.21. The summed E-state index contributed by atoms with van der Waals surface area (Å²) in [6.07, 6.45) is 0. The smallest absolute Gasteiger partial charge is 0.119 e. The van der Waals surface area contributed by atoms with Crippen LogP contribution >= 0.6 is 11.8 Å². The van der Waals surface area contributed by atoms with Crippen molar-refractivity contribution in [2.75, 3.05) is 38.2 Å². The first-order valence-corrected chi connectivity index (χ1v) is 8.13. The minimum absolute atomic E-state index is 0.681. The number of rotatable bonds is 6. The number of nitrogens with zero attached hydrogens (tertiary/aromatic N) is 1. The van der Waals surface area contributed by atoms with E-state index in [9.17, 15) is 0 Å². The molecule has 3 nitrogen and oxygen atoms in total. The zero-order chi connectivity index (χ0) is 13.5. The summed E-state index contributed by atoms with van der Waals surface area (Å²) >= 11 is 2.05. The van der Waals surface area contributed by atoms with E-state index < -0.39 is 0 Å². The van der Waals surface area contributed by atoms with Gasteiger partial charge in [-0.1, -0.05) is 12.1 Å². The second-order valence-electron chi connectivity index (χ2n) is 4.98. The first-order valence-electron chi connectivity index (χ1n) is 6.97. The normalized spacial score (nSPS) is 20.4. The number of hydrogen-bond acceptors (Lipinski definition) is 4. The molecule has 0 bridgehead atoms. The largest absolute Gasteiger partial charge is 0.492 e. The van der Waals surface area contributed by atoms with Crippen LogP contribution in [0, 0.1) is 0 Å². The predicted molar refractivity (Wildman–Crippen MR) is 83.1 cm³/mol. The van der Waals surface area contributed by atoms with Gasteiger partial charge in [-0.25, -0.2) is 0 Å². The summed E-state index contributed by atoms with van der Waals surface area (Å²) in [7, 11) is 1.96. The van der Waals surface area contributed by atoms with Gasteiger partial charge in [0.2, 0.25) is 0 Å². The maximum atomic E-state index is 5.82. The van der Waals surface area contributed by atoms with Gasteiger partial charge in [-0.2, -0.15) is 11.8 Å². The van der Waals surface area contributed by atoms with E-state index in [1.165, 1.54) is 23.6 Å². The Morgan fingerprint density at radius 3 is 2.84 bits per heavy atom. The lowest BCUT2D eigenvalue weighted by Gasteiger charge is -2.32. The Bertz CT molecular complexity index is 369. The van der Waals surface area contributed by atoms with E-state index in [0.717, 1.165) is 25.4 Å². The second kappa shape index (κ2) is 7.78. The molecule has 19 heavy (non-hydrogen) atoms. The van der Waals surface area contributed by atoms with E-state index in [2.05, 4.69) is 53.2 Å². The number of ether oxygens (including phenoxy) is 1. The highest BCUT2D eigenvalue weighted by Gasteiger charge is 2.17. The molecule has 0 saturated carbocycles. The lowest BCUT2D eigenvalue weighted by Crippen LogP contribution is -2.42. The van der Waals surface area contributed by atoms with Crippen LogP contribution in [0.25, 0.3) is 0 Å². The van der Waals surface area contributed by atoms with Crippen molar-refractivity contribution < 1.29 is 4.74 Å². The molecule has 106 valence electrons. The number of nitrogens with one attached hydrogen (secondary N) is 1. The Kier molecular flexibility index (Phi) is 6.01. The minimum atomic E-state index is 0.681. The van der Waals surface area contributed by atoms with Gasteiger partial charge in [-0.05, 0) is 31.7 Å². The molecule has 0 amide bonds. The first-order chi connectivity index (χ1) is 9.29. The van der Waals surface area contributed by atoms with Crippen LogP contribution in [0.5, 0.6) is 5.75 Å². The van der Waals surface area contributed by atoms with Crippen molar-refractivity contribution in [3.8, 4) is 5.75 Å². The van der Waals surface area contributed by atoms with Crippen LogP contribution in [0.1, 0.15) is 12.5 Å². The molecule has 4 heteroatoms. The lowest BCUT2D eigenvalue weighted by molar-refractivity contribution is 0.183. The number of benzene rings is 1. The molecule has 1 atom stereocenters. The van der Waals surface area contributed by atoms with Crippen molar-refractivity contribution in [2.24, 2.45) is 0 Å². The molecule has 1 unspecified atom stereocenters. The first kappa shape index (κ1) is 14.7. The summed E-state index contributed by atoms with van der Waals surface area (Å²) in [4.78, 5) is 2.52. The Hall–Kier alpha value is -0.710. The van der Waals surface area contributed by atoms with Gasteiger partial charge in [0, 0.05) is 37.2 Å². The molecule has 1 aromatic carbocycles. The van der Waals surface area contributed by atoms with E-state index in [-0.39, 0.29) is 0 Å². The Morgan fingerprint density at radius 2 is 2.16 bits per heavy atom.